The van der Waals surface area contributed by atoms with Crippen molar-refractivity contribution < 1.29 is 18.7 Å². The van der Waals surface area contributed by atoms with Gasteiger partial charge in [-0.3, -0.25) is 10.3 Å². The number of quaternary nitrogens is 1. The molecule has 1 saturated heterocycles. The Kier molecular flexibility index (Phi) is 4.84. The highest BCUT2D eigenvalue weighted by molar-refractivity contribution is 8.14. The molecule has 0 aromatic carbocycles. The monoisotopic (exact) mass is 279 g/mol. The molecule has 0 aromatic rings. The standard InChI is InChI=1S/C12H21F2N3S/c1-17(2)5-3-4-15-12-16-11-9(14)6-8(13)7-10(11)18-12/h8-11H,3-7H2,1-2H3,(H,15,16)/p+2. The van der Waals surface area contributed by atoms with E-state index in [0.29, 0.717) is 6.42 Å². The first-order chi connectivity index (χ1) is 8.56. The van der Waals surface area contributed by atoms with E-state index in [-0.39, 0.29) is 17.7 Å². The third-order valence-electron chi connectivity index (χ3n) is 3.47. The maximum atomic E-state index is 13.7. The predicted octanol–water partition coefficient (Wildman–Crippen LogP) is -1.50. The molecule has 2 fully saturated rings. The number of thioether (sulfide) groups is 1. The molecular weight excluding hydrogens is 256 g/mol. The number of fused-ring (bicyclic) bond motifs is 1. The van der Waals surface area contributed by atoms with Gasteiger partial charge in [0.2, 0.25) is 0 Å². The highest BCUT2D eigenvalue weighted by atomic mass is 32.2. The molecule has 0 amide bonds. The molecule has 6 heteroatoms. The van der Waals surface area contributed by atoms with Crippen molar-refractivity contribution in [2.45, 2.75) is 42.9 Å². The first-order valence-corrected chi connectivity index (χ1v) is 7.55. The zero-order chi connectivity index (χ0) is 13.1. The van der Waals surface area contributed by atoms with Gasteiger partial charge in [0.05, 0.1) is 32.4 Å². The van der Waals surface area contributed by atoms with Crippen LogP contribution in [0.25, 0.3) is 0 Å². The summed E-state index contributed by atoms with van der Waals surface area (Å²) < 4.78 is 27.0. The Bertz CT molecular complexity index is 312. The third-order valence-corrected chi connectivity index (χ3v) is 4.75. The molecule has 104 valence electrons. The Morgan fingerprint density at radius 2 is 2.17 bits per heavy atom. The molecule has 1 aliphatic heterocycles. The fourth-order valence-corrected chi connectivity index (χ4v) is 3.88. The van der Waals surface area contributed by atoms with Crippen molar-refractivity contribution >= 4 is 16.9 Å². The highest BCUT2D eigenvalue weighted by Gasteiger charge is 2.48. The summed E-state index contributed by atoms with van der Waals surface area (Å²) in [5.41, 5.74) is 0. The van der Waals surface area contributed by atoms with Crippen LogP contribution in [0.15, 0.2) is 0 Å². The summed E-state index contributed by atoms with van der Waals surface area (Å²) in [5.74, 6) is 0. The van der Waals surface area contributed by atoms with E-state index >= 15 is 0 Å². The predicted molar refractivity (Wildman–Crippen MR) is 70.5 cm³/mol. The maximum absolute atomic E-state index is 13.7. The van der Waals surface area contributed by atoms with Crippen LogP contribution in [-0.4, -0.2) is 56.0 Å². The molecule has 0 bridgehead atoms. The van der Waals surface area contributed by atoms with Crippen LogP contribution in [0.5, 0.6) is 0 Å². The number of alkyl halides is 2. The third kappa shape index (κ3) is 3.57. The summed E-state index contributed by atoms with van der Waals surface area (Å²) in [5, 5.41) is 4.14. The molecule has 1 saturated carbocycles. The van der Waals surface area contributed by atoms with Gasteiger partial charge in [0.15, 0.2) is 0 Å². The van der Waals surface area contributed by atoms with Gasteiger partial charge in [-0.25, -0.2) is 8.78 Å². The molecule has 2 aliphatic rings. The smallest absolute Gasteiger partial charge is 0.304 e. The molecular formula is C12H23F2N3S+2. The summed E-state index contributed by atoms with van der Waals surface area (Å²) in [6, 6.07) is -0.205. The quantitative estimate of drug-likeness (QED) is 0.547. The average molecular weight is 279 g/mol. The SMILES string of the molecule is C[NH+](C)CCC[NH+]=C1NC2C(F)CC(F)CC2S1. The van der Waals surface area contributed by atoms with Crippen molar-refractivity contribution in [2.75, 3.05) is 27.2 Å². The zero-order valence-corrected chi connectivity index (χ0v) is 11.8. The van der Waals surface area contributed by atoms with E-state index in [1.54, 1.807) is 11.8 Å². The number of amidine groups is 1. The van der Waals surface area contributed by atoms with Gasteiger partial charge in [0.1, 0.15) is 18.4 Å². The van der Waals surface area contributed by atoms with Crippen molar-refractivity contribution in [1.82, 2.24) is 5.32 Å². The van der Waals surface area contributed by atoms with Gasteiger partial charge in [-0.15, -0.1) is 0 Å². The van der Waals surface area contributed by atoms with E-state index in [4.69, 9.17) is 0 Å². The zero-order valence-electron chi connectivity index (χ0n) is 11.0. The Morgan fingerprint density at radius 1 is 1.39 bits per heavy atom. The molecule has 4 atom stereocenters. The lowest BCUT2D eigenvalue weighted by molar-refractivity contribution is -0.859. The Balaban J connectivity index is 1.81. The minimum absolute atomic E-state index is 0.0470. The van der Waals surface area contributed by atoms with Crippen LogP contribution in [0, 0.1) is 0 Å². The lowest BCUT2D eigenvalue weighted by Crippen LogP contribution is -3.06. The highest BCUT2D eigenvalue weighted by Crippen LogP contribution is 2.36. The summed E-state index contributed by atoms with van der Waals surface area (Å²) in [4.78, 5) is 4.72. The number of halogens is 2. The van der Waals surface area contributed by atoms with E-state index in [1.807, 2.05) is 0 Å². The van der Waals surface area contributed by atoms with Crippen molar-refractivity contribution in [1.29, 1.82) is 0 Å². The molecule has 0 radical (unpaired) electrons. The first kappa shape index (κ1) is 14.1. The molecule has 3 nitrogen and oxygen atoms in total. The first-order valence-electron chi connectivity index (χ1n) is 6.67. The minimum Gasteiger partial charge on any atom is -0.340 e. The number of hydrogen-bond donors (Lipinski definition) is 3. The summed E-state index contributed by atoms with van der Waals surface area (Å²) in [6.07, 6.45) is -0.445. The Morgan fingerprint density at radius 3 is 2.89 bits per heavy atom. The van der Waals surface area contributed by atoms with Crippen molar-refractivity contribution in [3.05, 3.63) is 0 Å². The van der Waals surface area contributed by atoms with Gasteiger partial charge in [-0.1, -0.05) is 0 Å². The largest absolute Gasteiger partial charge is 0.340 e. The molecule has 4 unspecified atom stereocenters. The fraction of sp³-hybridized carbons (Fsp3) is 0.917. The Hall–Kier alpha value is -0.360. The number of nitrogens with one attached hydrogen (secondary N) is 3. The lowest BCUT2D eigenvalue weighted by Gasteiger charge is -2.26. The van der Waals surface area contributed by atoms with E-state index in [2.05, 4.69) is 24.4 Å². The van der Waals surface area contributed by atoms with Crippen LogP contribution >= 0.6 is 11.8 Å². The van der Waals surface area contributed by atoms with E-state index in [1.165, 1.54) is 4.90 Å². The Labute approximate surface area is 111 Å². The molecule has 0 spiro atoms. The van der Waals surface area contributed by atoms with Crippen molar-refractivity contribution in [3.8, 4) is 0 Å². The van der Waals surface area contributed by atoms with Crippen LogP contribution in [0.1, 0.15) is 19.3 Å². The van der Waals surface area contributed by atoms with E-state index in [9.17, 15) is 8.78 Å². The average Bonchev–Trinajstić information content (AvgIpc) is 2.67. The van der Waals surface area contributed by atoms with Gasteiger partial charge < -0.3 is 4.90 Å². The second-order valence-electron chi connectivity index (χ2n) is 5.48. The van der Waals surface area contributed by atoms with Gasteiger partial charge in [0.25, 0.3) is 0 Å². The van der Waals surface area contributed by atoms with Crippen LogP contribution in [0.4, 0.5) is 8.78 Å². The van der Waals surface area contributed by atoms with Crippen LogP contribution in [-0.2, 0) is 0 Å². The van der Waals surface area contributed by atoms with Crippen molar-refractivity contribution in [2.24, 2.45) is 0 Å². The van der Waals surface area contributed by atoms with Gasteiger partial charge in [-0.05, 0) is 18.2 Å². The van der Waals surface area contributed by atoms with Gasteiger partial charge >= 0.3 is 5.17 Å². The van der Waals surface area contributed by atoms with E-state index in [0.717, 1.165) is 24.7 Å². The van der Waals surface area contributed by atoms with Crippen LogP contribution in [0.3, 0.4) is 0 Å². The van der Waals surface area contributed by atoms with Crippen LogP contribution in [0.2, 0.25) is 0 Å². The summed E-state index contributed by atoms with van der Waals surface area (Å²) in [7, 11) is 4.25. The second-order valence-corrected chi connectivity index (χ2v) is 6.73. The molecule has 1 aliphatic carbocycles. The fourth-order valence-electron chi connectivity index (χ4n) is 2.50. The molecule has 18 heavy (non-hydrogen) atoms. The normalized spacial score (nSPS) is 37.9. The molecule has 0 aromatic heterocycles. The maximum Gasteiger partial charge on any atom is 0.304 e. The molecule has 2 rings (SSSR count). The van der Waals surface area contributed by atoms with Gasteiger partial charge in [0, 0.05) is 12.8 Å². The lowest BCUT2D eigenvalue weighted by atomic mass is 9.92. The van der Waals surface area contributed by atoms with Crippen molar-refractivity contribution in [3.63, 3.8) is 0 Å². The summed E-state index contributed by atoms with van der Waals surface area (Å²) in [6.45, 7) is 1.99. The van der Waals surface area contributed by atoms with E-state index < -0.39 is 12.3 Å². The topological polar surface area (TPSA) is 30.4 Å². The number of hydrogen-bond acceptors (Lipinski definition) is 1. The molecule has 1 heterocycles. The van der Waals surface area contributed by atoms with Crippen LogP contribution < -0.4 is 15.2 Å². The summed E-state index contributed by atoms with van der Waals surface area (Å²) >= 11 is 1.57. The minimum atomic E-state index is -1.06. The molecule has 3 N–H and O–H groups in total. The number of rotatable bonds is 4. The second kappa shape index (κ2) is 6.19. The van der Waals surface area contributed by atoms with Gasteiger partial charge in [-0.2, -0.15) is 0 Å².